The number of aromatic nitrogens is 3. The van der Waals surface area contributed by atoms with Crippen molar-refractivity contribution in [2.45, 2.75) is 32.9 Å². The van der Waals surface area contributed by atoms with E-state index in [2.05, 4.69) is 15.5 Å². The summed E-state index contributed by atoms with van der Waals surface area (Å²) in [5, 5.41) is 4.89. The predicted octanol–water partition coefficient (Wildman–Crippen LogP) is 2.37. The Morgan fingerprint density at radius 2 is 2.16 bits per heavy atom. The zero-order chi connectivity index (χ0) is 14.0. The van der Waals surface area contributed by atoms with E-state index < -0.39 is 0 Å². The van der Waals surface area contributed by atoms with Gasteiger partial charge in [0.25, 0.3) is 0 Å². The lowest BCUT2D eigenvalue weighted by atomic mass is 10.1. The Morgan fingerprint density at radius 1 is 1.42 bits per heavy atom. The zero-order valence-corrected chi connectivity index (χ0v) is 12.0. The van der Waals surface area contributed by atoms with E-state index >= 15 is 0 Å². The van der Waals surface area contributed by atoms with Gasteiger partial charge in [-0.2, -0.15) is 5.10 Å². The molecule has 0 fully saturated rings. The molecule has 19 heavy (non-hydrogen) atoms. The van der Waals surface area contributed by atoms with Crippen LogP contribution in [0.25, 0.3) is 0 Å². The lowest BCUT2D eigenvalue weighted by molar-refractivity contribution is 0.472. The van der Waals surface area contributed by atoms with Gasteiger partial charge >= 0.3 is 0 Å². The Kier molecular flexibility index (Phi) is 4.19. The monoisotopic (exact) mass is 279 g/mol. The number of pyridine rings is 1. The largest absolute Gasteiger partial charge is 0.270 e. The summed E-state index contributed by atoms with van der Waals surface area (Å²) in [6.45, 7) is 6.09. The normalized spacial score (nSPS) is 12.9. The fraction of sp³-hybridized carbons (Fsp3) is 0.385. The quantitative estimate of drug-likeness (QED) is 0.666. The van der Waals surface area contributed by atoms with Gasteiger partial charge in [-0.1, -0.05) is 17.7 Å². The minimum absolute atomic E-state index is 0.197. The topological polar surface area (TPSA) is 68.8 Å². The number of rotatable bonds is 4. The molecule has 0 amide bonds. The number of nitrogens with one attached hydrogen (secondary N) is 1. The molecule has 102 valence electrons. The molecule has 2 aromatic rings. The molecule has 3 N–H and O–H groups in total. The Balaban J connectivity index is 2.55. The van der Waals surface area contributed by atoms with E-state index in [1.54, 1.807) is 12.4 Å². The highest BCUT2D eigenvalue weighted by molar-refractivity contribution is 6.31. The van der Waals surface area contributed by atoms with Crippen LogP contribution in [0.15, 0.2) is 24.5 Å². The highest BCUT2D eigenvalue weighted by Crippen LogP contribution is 2.29. The Labute approximate surface area is 117 Å². The Bertz CT molecular complexity index is 564. The van der Waals surface area contributed by atoms with Gasteiger partial charge in [0.15, 0.2) is 0 Å². The van der Waals surface area contributed by atoms with Gasteiger partial charge < -0.3 is 0 Å². The number of nitrogens with zero attached hydrogens (tertiary/aromatic N) is 3. The summed E-state index contributed by atoms with van der Waals surface area (Å²) in [6.07, 6.45) is 3.39. The SMILES string of the molecule is Cc1cccnc1C(NN)c1c(Cl)cnn1C(C)C. The Morgan fingerprint density at radius 3 is 2.74 bits per heavy atom. The van der Waals surface area contributed by atoms with Crippen molar-refractivity contribution < 1.29 is 0 Å². The average Bonchev–Trinajstić information content (AvgIpc) is 2.75. The molecule has 0 aliphatic rings. The second kappa shape index (κ2) is 5.69. The highest BCUT2D eigenvalue weighted by Gasteiger charge is 2.24. The molecule has 0 aliphatic carbocycles. The van der Waals surface area contributed by atoms with Crippen LogP contribution in [0.4, 0.5) is 0 Å². The van der Waals surface area contributed by atoms with Crippen molar-refractivity contribution in [3.8, 4) is 0 Å². The van der Waals surface area contributed by atoms with Crippen molar-refractivity contribution in [3.05, 3.63) is 46.5 Å². The van der Waals surface area contributed by atoms with Gasteiger partial charge in [0.2, 0.25) is 0 Å². The van der Waals surface area contributed by atoms with Crippen LogP contribution in [0.3, 0.4) is 0 Å². The van der Waals surface area contributed by atoms with Gasteiger partial charge in [0, 0.05) is 12.2 Å². The third kappa shape index (κ3) is 2.63. The molecule has 0 bridgehead atoms. The maximum Gasteiger partial charge on any atom is 0.107 e. The second-order valence-corrected chi connectivity index (χ2v) is 5.13. The van der Waals surface area contributed by atoms with E-state index in [-0.39, 0.29) is 12.1 Å². The molecule has 0 spiro atoms. The summed E-state index contributed by atoms with van der Waals surface area (Å²) >= 11 is 6.26. The maximum absolute atomic E-state index is 6.26. The summed E-state index contributed by atoms with van der Waals surface area (Å²) in [5.74, 6) is 5.71. The van der Waals surface area contributed by atoms with Crippen LogP contribution in [-0.2, 0) is 0 Å². The lowest BCUT2D eigenvalue weighted by Crippen LogP contribution is -2.32. The van der Waals surface area contributed by atoms with Crippen LogP contribution >= 0.6 is 11.6 Å². The number of hydrazine groups is 1. The Hall–Kier alpha value is -1.43. The lowest BCUT2D eigenvalue weighted by Gasteiger charge is -2.21. The fourth-order valence-electron chi connectivity index (χ4n) is 2.12. The van der Waals surface area contributed by atoms with Gasteiger partial charge in [0.1, 0.15) is 6.04 Å². The first-order valence-corrected chi connectivity index (χ1v) is 6.54. The van der Waals surface area contributed by atoms with Crippen LogP contribution in [0, 0.1) is 6.92 Å². The van der Waals surface area contributed by atoms with Crippen LogP contribution in [-0.4, -0.2) is 14.8 Å². The number of nitrogens with two attached hydrogens (primary N) is 1. The van der Waals surface area contributed by atoms with Crippen LogP contribution in [0.5, 0.6) is 0 Å². The zero-order valence-electron chi connectivity index (χ0n) is 11.3. The standard InChI is InChI=1S/C13H18ClN5/c1-8(2)19-13(10(14)7-17-19)12(18-15)11-9(3)5-4-6-16-11/h4-8,12,18H,15H2,1-3H3. The van der Waals surface area contributed by atoms with Gasteiger partial charge in [-0.3, -0.25) is 15.5 Å². The van der Waals surface area contributed by atoms with E-state index in [1.165, 1.54) is 0 Å². The van der Waals surface area contributed by atoms with E-state index in [0.717, 1.165) is 17.0 Å². The van der Waals surface area contributed by atoms with Gasteiger partial charge in [-0.15, -0.1) is 0 Å². The van der Waals surface area contributed by atoms with Crippen LogP contribution in [0.2, 0.25) is 5.02 Å². The molecule has 2 rings (SSSR count). The predicted molar refractivity (Wildman–Crippen MR) is 75.8 cm³/mol. The number of hydrogen-bond donors (Lipinski definition) is 2. The van der Waals surface area contributed by atoms with Gasteiger partial charge in [-0.05, 0) is 32.4 Å². The van der Waals surface area contributed by atoms with Crippen molar-refractivity contribution in [2.24, 2.45) is 5.84 Å². The van der Waals surface area contributed by atoms with Gasteiger partial charge in [-0.25, -0.2) is 5.43 Å². The molecule has 0 aliphatic heterocycles. The minimum Gasteiger partial charge on any atom is -0.270 e. The number of hydrogen-bond acceptors (Lipinski definition) is 4. The molecule has 0 saturated heterocycles. The molecular formula is C13H18ClN5. The van der Waals surface area contributed by atoms with E-state index in [4.69, 9.17) is 17.4 Å². The van der Waals surface area contributed by atoms with Crippen molar-refractivity contribution >= 4 is 11.6 Å². The minimum atomic E-state index is -0.279. The number of aryl methyl sites for hydroxylation is 1. The first-order valence-electron chi connectivity index (χ1n) is 6.16. The molecule has 2 aromatic heterocycles. The first kappa shape index (κ1) is 14.0. The molecule has 5 nitrogen and oxygen atoms in total. The van der Waals surface area contributed by atoms with Crippen molar-refractivity contribution in [1.82, 2.24) is 20.2 Å². The summed E-state index contributed by atoms with van der Waals surface area (Å²) in [7, 11) is 0. The molecule has 1 atom stereocenters. The summed E-state index contributed by atoms with van der Waals surface area (Å²) in [4.78, 5) is 4.40. The fourth-order valence-corrected chi connectivity index (χ4v) is 2.36. The summed E-state index contributed by atoms with van der Waals surface area (Å²) < 4.78 is 1.86. The third-order valence-corrected chi connectivity index (χ3v) is 3.33. The van der Waals surface area contributed by atoms with Crippen molar-refractivity contribution in [3.63, 3.8) is 0 Å². The summed E-state index contributed by atoms with van der Waals surface area (Å²) in [6, 6.07) is 3.81. The maximum atomic E-state index is 6.26. The average molecular weight is 280 g/mol. The van der Waals surface area contributed by atoms with Crippen LogP contribution < -0.4 is 11.3 Å². The molecule has 0 aromatic carbocycles. The molecule has 0 radical (unpaired) electrons. The third-order valence-electron chi connectivity index (χ3n) is 3.04. The van der Waals surface area contributed by atoms with Crippen molar-refractivity contribution in [1.29, 1.82) is 0 Å². The molecule has 0 saturated carbocycles. The molecule has 6 heteroatoms. The van der Waals surface area contributed by atoms with E-state index in [1.807, 2.05) is 37.6 Å². The van der Waals surface area contributed by atoms with Crippen molar-refractivity contribution in [2.75, 3.05) is 0 Å². The molecule has 1 unspecified atom stereocenters. The molecule has 2 heterocycles. The van der Waals surface area contributed by atoms with Crippen LogP contribution in [0.1, 0.15) is 42.9 Å². The smallest absolute Gasteiger partial charge is 0.107 e. The first-order chi connectivity index (χ1) is 9.06. The summed E-state index contributed by atoms with van der Waals surface area (Å²) in [5.41, 5.74) is 5.53. The van der Waals surface area contributed by atoms with E-state index in [9.17, 15) is 0 Å². The second-order valence-electron chi connectivity index (χ2n) is 4.72. The number of halogens is 1. The van der Waals surface area contributed by atoms with E-state index in [0.29, 0.717) is 5.02 Å². The van der Waals surface area contributed by atoms with Gasteiger partial charge in [0.05, 0.1) is 22.6 Å². The molecular weight excluding hydrogens is 262 g/mol. The highest BCUT2D eigenvalue weighted by atomic mass is 35.5.